The first-order chi connectivity index (χ1) is 24.6. The van der Waals surface area contributed by atoms with Gasteiger partial charge in [-0.3, -0.25) is 14.5 Å². The van der Waals surface area contributed by atoms with Gasteiger partial charge in [0.1, 0.15) is 16.6 Å². The highest BCUT2D eigenvalue weighted by Crippen LogP contribution is 2.41. The summed E-state index contributed by atoms with van der Waals surface area (Å²) in [7, 11) is 0. The van der Waals surface area contributed by atoms with Crippen LogP contribution < -0.4 is 5.32 Å². The van der Waals surface area contributed by atoms with Crippen molar-refractivity contribution in [3.63, 3.8) is 0 Å². The Morgan fingerprint density at radius 3 is 2.45 bits per heavy atom. The Labute approximate surface area is 300 Å². The molecule has 0 unspecified atom stereocenters. The molecule has 1 atom stereocenters. The zero-order valence-corrected chi connectivity index (χ0v) is 29.9. The number of nitriles is 1. The fourth-order valence-corrected chi connectivity index (χ4v) is 8.78. The zero-order valence-electron chi connectivity index (χ0n) is 29.1. The highest BCUT2D eigenvalue weighted by molar-refractivity contribution is 7.15. The van der Waals surface area contributed by atoms with Gasteiger partial charge in [0.15, 0.2) is 5.58 Å². The number of fused-ring (bicyclic) bond motifs is 2. The Bertz CT molecular complexity index is 2220. The Kier molecular flexibility index (Phi) is 8.49. The lowest BCUT2D eigenvalue weighted by Crippen LogP contribution is -2.42. The number of amides is 1. The number of nitrogens with one attached hydrogen (secondary N) is 1. The van der Waals surface area contributed by atoms with Gasteiger partial charge in [0.25, 0.3) is 0 Å². The van der Waals surface area contributed by atoms with Gasteiger partial charge in [0, 0.05) is 35.1 Å². The fourth-order valence-electron chi connectivity index (χ4n) is 7.61. The van der Waals surface area contributed by atoms with Gasteiger partial charge in [-0.25, -0.2) is 9.97 Å². The van der Waals surface area contributed by atoms with E-state index >= 15 is 0 Å². The van der Waals surface area contributed by atoms with Crippen LogP contribution >= 0.6 is 11.3 Å². The highest BCUT2D eigenvalue weighted by atomic mass is 32.1. The molecule has 11 heteroatoms. The molecule has 0 bridgehead atoms. The number of aromatic nitrogens is 2. The summed E-state index contributed by atoms with van der Waals surface area (Å²) in [5.74, 6) is -0.194. The number of benzene rings is 3. The van der Waals surface area contributed by atoms with Crippen LogP contribution in [0, 0.1) is 30.6 Å². The number of carbonyl (C=O) groups is 2. The summed E-state index contributed by atoms with van der Waals surface area (Å²) < 4.78 is 6.29. The molecule has 1 amide bonds. The van der Waals surface area contributed by atoms with E-state index in [0.29, 0.717) is 74.3 Å². The molecule has 3 aliphatic rings. The summed E-state index contributed by atoms with van der Waals surface area (Å²) in [4.78, 5) is 39.6. The minimum absolute atomic E-state index is 0.137. The molecule has 1 aliphatic carbocycles. The zero-order chi connectivity index (χ0) is 35.4. The van der Waals surface area contributed by atoms with Crippen LogP contribution in [0.2, 0.25) is 0 Å². The van der Waals surface area contributed by atoms with Crippen LogP contribution in [0.4, 0.5) is 0 Å². The molecule has 1 saturated carbocycles. The second-order valence-electron chi connectivity index (χ2n) is 14.6. The number of oxazole rings is 1. The van der Waals surface area contributed by atoms with Gasteiger partial charge in [-0.1, -0.05) is 36.8 Å². The van der Waals surface area contributed by atoms with Crippen LogP contribution in [0.5, 0.6) is 0 Å². The molecule has 2 N–H and O–H groups in total. The fraction of sp³-hybridized carbons (Fsp3) is 0.375. The van der Waals surface area contributed by atoms with Gasteiger partial charge in [0.2, 0.25) is 11.8 Å². The third kappa shape index (κ3) is 6.11. The molecular formula is C40H40N6O4S. The van der Waals surface area contributed by atoms with Crippen molar-refractivity contribution in [3.8, 4) is 39.2 Å². The highest BCUT2D eigenvalue weighted by Gasteiger charge is 2.40. The lowest BCUT2D eigenvalue weighted by molar-refractivity contribution is -0.147. The van der Waals surface area contributed by atoms with Gasteiger partial charge in [-0.15, -0.1) is 11.3 Å². The lowest BCUT2D eigenvalue weighted by atomic mass is 9.90. The van der Waals surface area contributed by atoms with E-state index in [1.807, 2.05) is 29.2 Å². The molecular weight excluding hydrogens is 661 g/mol. The van der Waals surface area contributed by atoms with E-state index in [1.54, 1.807) is 18.3 Å². The van der Waals surface area contributed by atoms with Crippen molar-refractivity contribution in [1.82, 2.24) is 25.1 Å². The number of hydrogen-bond donors (Lipinski definition) is 2. The number of likely N-dealkylation sites (tertiary alicyclic amines) is 1. The number of carboxylic acids is 1. The van der Waals surface area contributed by atoms with Crippen molar-refractivity contribution in [2.45, 2.75) is 72.1 Å². The average molecular weight is 701 g/mol. The third-order valence-electron chi connectivity index (χ3n) is 11.0. The monoisotopic (exact) mass is 700 g/mol. The maximum Gasteiger partial charge on any atom is 0.310 e. The van der Waals surface area contributed by atoms with Gasteiger partial charge in [0.05, 0.1) is 36.3 Å². The van der Waals surface area contributed by atoms with E-state index in [0.717, 1.165) is 67.4 Å². The van der Waals surface area contributed by atoms with Crippen molar-refractivity contribution in [2.75, 3.05) is 19.6 Å². The molecule has 3 aromatic carbocycles. The Morgan fingerprint density at radius 2 is 1.78 bits per heavy atom. The standard InChI is InChI=1S/C40H40N6O4S/c1-23-28(29-10-6-12-31(24(29)2)38-44-33-20-46(21-34(33)51-38)35(47)18-42-27-7-4-8-27)9-5-11-30(23)37-43-32-16-25(15-26(17-41)36(32)50-37)19-45-14-13-40(3,22-45)39(48)49/h5-6,9-12,15-16,27,42H,4,7-8,13-14,18-22H2,1-3H3,(H,48,49)/t40-/m1/s1. The summed E-state index contributed by atoms with van der Waals surface area (Å²) >= 11 is 1.67. The Morgan fingerprint density at radius 1 is 1.06 bits per heavy atom. The molecule has 10 nitrogen and oxygen atoms in total. The van der Waals surface area contributed by atoms with Crippen LogP contribution in [0.25, 0.3) is 44.3 Å². The normalized spacial score (nSPS) is 19.0. The summed E-state index contributed by atoms with van der Waals surface area (Å²) in [6.45, 7) is 9.22. The Balaban J connectivity index is 1.04. The summed E-state index contributed by atoms with van der Waals surface area (Å²) in [6, 6.07) is 18.9. The molecule has 2 fully saturated rings. The third-order valence-corrected chi connectivity index (χ3v) is 12.1. The molecule has 2 aliphatic heterocycles. The van der Waals surface area contributed by atoms with E-state index in [2.05, 4.69) is 54.4 Å². The molecule has 260 valence electrons. The van der Waals surface area contributed by atoms with Crippen LogP contribution in [-0.4, -0.2) is 62.4 Å². The summed E-state index contributed by atoms with van der Waals surface area (Å²) in [5, 5.41) is 24.0. The second-order valence-corrected chi connectivity index (χ2v) is 15.6. The smallest absolute Gasteiger partial charge is 0.310 e. The number of thiazole rings is 1. The van der Waals surface area contributed by atoms with E-state index in [9.17, 15) is 20.0 Å². The summed E-state index contributed by atoms with van der Waals surface area (Å²) in [6.07, 6.45) is 4.15. The molecule has 2 aromatic heterocycles. The number of hydrogen-bond acceptors (Lipinski definition) is 9. The van der Waals surface area contributed by atoms with Crippen LogP contribution in [0.3, 0.4) is 0 Å². The van der Waals surface area contributed by atoms with E-state index in [-0.39, 0.29) is 5.91 Å². The molecule has 51 heavy (non-hydrogen) atoms. The van der Waals surface area contributed by atoms with Crippen LogP contribution in [0.1, 0.15) is 65.4 Å². The van der Waals surface area contributed by atoms with Gasteiger partial charge in [-0.05, 0) is 92.6 Å². The first kappa shape index (κ1) is 33.3. The van der Waals surface area contributed by atoms with Gasteiger partial charge >= 0.3 is 5.97 Å². The first-order valence-electron chi connectivity index (χ1n) is 17.6. The van der Waals surface area contributed by atoms with Crippen molar-refractivity contribution >= 4 is 34.3 Å². The predicted octanol–water partition coefficient (Wildman–Crippen LogP) is 7.05. The van der Waals surface area contributed by atoms with Crippen molar-refractivity contribution in [2.24, 2.45) is 5.41 Å². The van der Waals surface area contributed by atoms with Crippen molar-refractivity contribution in [1.29, 1.82) is 5.26 Å². The van der Waals surface area contributed by atoms with Crippen molar-refractivity contribution < 1.29 is 19.1 Å². The minimum atomic E-state index is -0.779. The quantitative estimate of drug-likeness (QED) is 0.166. The number of nitrogens with zero attached hydrogens (tertiary/aromatic N) is 5. The maximum absolute atomic E-state index is 12.8. The van der Waals surface area contributed by atoms with E-state index in [4.69, 9.17) is 14.4 Å². The first-order valence-corrected chi connectivity index (χ1v) is 18.4. The lowest BCUT2D eigenvalue weighted by Gasteiger charge is -2.27. The van der Waals surface area contributed by atoms with E-state index < -0.39 is 11.4 Å². The van der Waals surface area contributed by atoms with Gasteiger partial charge < -0.3 is 19.7 Å². The number of carboxylic acid groups (broad SMARTS) is 1. The molecule has 5 aromatic rings. The van der Waals surface area contributed by atoms with Gasteiger partial charge in [-0.2, -0.15) is 5.26 Å². The van der Waals surface area contributed by atoms with Crippen LogP contribution in [-0.2, 0) is 29.2 Å². The maximum atomic E-state index is 12.8. The van der Waals surface area contributed by atoms with Crippen molar-refractivity contribution in [3.05, 3.63) is 81.4 Å². The Hall–Kier alpha value is -4.89. The molecule has 0 radical (unpaired) electrons. The topological polar surface area (TPSA) is 136 Å². The number of carbonyl (C=O) groups excluding carboxylic acids is 1. The van der Waals surface area contributed by atoms with Crippen LogP contribution in [0.15, 0.2) is 52.9 Å². The SMILES string of the molecule is Cc1c(-c2nc3cc(CN4CC[C@@](C)(C(=O)O)C4)cc(C#N)c3o2)cccc1-c1cccc(-c2nc3c(s2)CN(C(=O)CNC2CCC2)C3)c1C. The average Bonchev–Trinajstić information content (AvgIpc) is 3.87. The summed E-state index contributed by atoms with van der Waals surface area (Å²) in [5.41, 5.74) is 8.81. The largest absolute Gasteiger partial charge is 0.481 e. The minimum Gasteiger partial charge on any atom is -0.481 e. The number of aliphatic carboxylic acids is 1. The number of rotatable bonds is 9. The molecule has 1 saturated heterocycles. The molecule has 8 rings (SSSR count). The predicted molar refractivity (Wildman–Crippen MR) is 196 cm³/mol. The second kappa shape index (κ2) is 13.0. The molecule has 4 heterocycles. The van der Waals surface area contributed by atoms with E-state index in [1.165, 1.54) is 6.42 Å². The molecule has 0 spiro atoms.